The topological polar surface area (TPSA) is 46.6 Å². The molecule has 0 heterocycles. The second kappa shape index (κ2) is 7.25. The zero-order valence-corrected chi connectivity index (χ0v) is 10.9. The monoisotopic (exact) mass is 229 g/mol. The van der Waals surface area contributed by atoms with Crippen LogP contribution in [0, 0.1) is 5.92 Å². The van der Waals surface area contributed by atoms with E-state index in [-0.39, 0.29) is 24.3 Å². The number of methoxy groups -OCH3 is 1. The summed E-state index contributed by atoms with van der Waals surface area (Å²) < 4.78 is 4.56. The van der Waals surface area contributed by atoms with Gasteiger partial charge >= 0.3 is 5.97 Å². The summed E-state index contributed by atoms with van der Waals surface area (Å²) >= 11 is 0. The largest absolute Gasteiger partial charge is 0.469 e. The molecule has 0 aromatic rings. The highest BCUT2D eigenvalue weighted by atomic mass is 16.5. The molecule has 0 atom stereocenters. The molecule has 94 valence electrons. The van der Waals surface area contributed by atoms with Gasteiger partial charge in [-0.3, -0.25) is 9.59 Å². The van der Waals surface area contributed by atoms with E-state index in [1.165, 1.54) is 7.11 Å². The summed E-state index contributed by atoms with van der Waals surface area (Å²) in [7, 11) is 1.36. The minimum absolute atomic E-state index is 0.105. The van der Waals surface area contributed by atoms with Crippen LogP contribution >= 0.6 is 0 Å². The Bertz CT molecular complexity index is 236. The summed E-state index contributed by atoms with van der Waals surface area (Å²) in [6.07, 6.45) is 0.790. The molecule has 0 aliphatic carbocycles. The van der Waals surface area contributed by atoms with Crippen LogP contribution in [0.25, 0.3) is 0 Å². The SMILES string of the molecule is COC(=O)CCN(C(=O)CC(C)C)C(C)C. The van der Waals surface area contributed by atoms with E-state index in [0.717, 1.165) is 0 Å². The highest BCUT2D eigenvalue weighted by molar-refractivity contribution is 5.77. The summed E-state index contributed by atoms with van der Waals surface area (Å²) in [5.41, 5.74) is 0. The summed E-state index contributed by atoms with van der Waals surface area (Å²) in [4.78, 5) is 24.6. The number of hydrogen-bond acceptors (Lipinski definition) is 3. The van der Waals surface area contributed by atoms with E-state index < -0.39 is 0 Å². The number of esters is 1. The normalized spacial score (nSPS) is 10.7. The zero-order valence-electron chi connectivity index (χ0n) is 10.9. The standard InChI is InChI=1S/C12H23NO3/c1-9(2)8-11(14)13(10(3)4)7-6-12(15)16-5/h9-10H,6-8H2,1-5H3. The second-order valence-corrected chi connectivity index (χ2v) is 4.60. The van der Waals surface area contributed by atoms with Gasteiger partial charge < -0.3 is 9.64 Å². The van der Waals surface area contributed by atoms with Gasteiger partial charge in [0.25, 0.3) is 0 Å². The second-order valence-electron chi connectivity index (χ2n) is 4.60. The fourth-order valence-corrected chi connectivity index (χ4v) is 1.45. The van der Waals surface area contributed by atoms with Gasteiger partial charge in [0.15, 0.2) is 0 Å². The van der Waals surface area contributed by atoms with Crippen LogP contribution in [-0.2, 0) is 14.3 Å². The van der Waals surface area contributed by atoms with Crippen LogP contribution in [0.15, 0.2) is 0 Å². The van der Waals surface area contributed by atoms with Crippen molar-refractivity contribution in [3.63, 3.8) is 0 Å². The first-order valence-corrected chi connectivity index (χ1v) is 5.74. The lowest BCUT2D eigenvalue weighted by atomic mass is 10.1. The van der Waals surface area contributed by atoms with Gasteiger partial charge in [-0.2, -0.15) is 0 Å². The third kappa shape index (κ3) is 5.73. The number of carbonyl (C=O) groups is 2. The van der Waals surface area contributed by atoms with Gasteiger partial charge in [0.05, 0.1) is 13.5 Å². The molecule has 0 aliphatic heterocycles. The first-order chi connectivity index (χ1) is 7.38. The van der Waals surface area contributed by atoms with Gasteiger partial charge in [0, 0.05) is 19.0 Å². The molecule has 0 saturated carbocycles. The third-order valence-electron chi connectivity index (χ3n) is 2.31. The van der Waals surface area contributed by atoms with Crippen molar-refractivity contribution in [2.75, 3.05) is 13.7 Å². The van der Waals surface area contributed by atoms with E-state index in [0.29, 0.717) is 18.9 Å². The van der Waals surface area contributed by atoms with E-state index >= 15 is 0 Å². The molecular formula is C12H23NO3. The molecule has 0 fully saturated rings. The van der Waals surface area contributed by atoms with E-state index in [1.54, 1.807) is 4.90 Å². The maximum absolute atomic E-state index is 11.9. The summed E-state index contributed by atoms with van der Waals surface area (Å²) in [5.74, 6) is 0.170. The number of carbonyl (C=O) groups excluding carboxylic acids is 2. The first-order valence-electron chi connectivity index (χ1n) is 5.74. The minimum atomic E-state index is -0.275. The van der Waals surface area contributed by atoms with Crippen LogP contribution in [-0.4, -0.2) is 36.5 Å². The lowest BCUT2D eigenvalue weighted by Crippen LogP contribution is -2.39. The van der Waals surface area contributed by atoms with Gasteiger partial charge in [0.1, 0.15) is 0 Å². The highest BCUT2D eigenvalue weighted by Gasteiger charge is 2.18. The Morgan fingerprint density at radius 2 is 1.75 bits per heavy atom. The van der Waals surface area contributed by atoms with Crippen molar-refractivity contribution in [1.29, 1.82) is 0 Å². The Kier molecular flexibility index (Phi) is 6.77. The van der Waals surface area contributed by atoms with Crippen LogP contribution < -0.4 is 0 Å². The third-order valence-corrected chi connectivity index (χ3v) is 2.31. The fraction of sp³-hybridized carbons (Fsp3) is 0.833. The molecular weight excluding hydrogens is 206 g/mol. The molecule has 0 unspecified atom stereocenters. The van der Waals surface area contributed by atoms with Crippen LogP contribution in [0.2, 0.25) is 0 Å². The van der Waals surface area contributed by atoms with E-state index in [9.17, 15) is 9.59 Å². The maximum atomic E-state index is 11.9. The zero-order chi connectivity index (χ0) is 12.7. The molecule has 0 bridgehead atoms. The summed E-state index contributed by atoms with van der Waals surface area (Å²) in [6.45, 7) is 8.37. The van der Waals surface area contributed by atoms with E-state index in [1.807, 2.05) is 27.7 Å². The Balaban J connectivity index is 4.27. The predicted octanol–water partition coefficient (Wildman–Crippen LogP) is 1.83. The predicted molar refractivity (Wildman–Crippen MR) is 62.9 cm³/mol. The molecule has 0 aromatic heterocycles. The number of nitrogens with zero attached hydrogens (tertiary/aromatic N) is 1. The van der Waals surface area contributed by atoms with Crippen LogP contribution in [0.4, 0.5) is 0 Å². The van der Waals surface area contributed by atoms with Crippen LogP contribution in [0.1, 0.15) is 40.5 Å². The van der Waals surface area contributed by atoms with Crippen LogP contribution in [0.3, 0.4) is 0 Å². The first kappa shape index (κ1) is 14.9. The Morgan fingerprint density at radius 3 is 2.12 bits per heavy atom. The fourth-order valence-electron chi connectivity index (χ4n) is 1.45. The number of amides is 1. The molecule has 4 heteroatoms. The number of rotatable bonds is 6. The van der Waals surface area contributed by atoms with Gasteiger partial charge in [-0.25, -0.2) is 0 Å². The Morgan fingerprint density at radius 1 is 1.19 bits per heavy atom. The average molecular weight is 229 g/mol. The van der Waals surface area contributed by atoms with Crippen molar-refractivity contribution in [3.8, 4) is 0 Å². The van der Waals surface area contributed by atoms with Crippen molar-refractivity contribution in [2.45, 2.75) is 46.6 Å². The number of hydrogen-bond donors (Lipinski definition) is 0. The van der Waals surface area contributed by atoms with Gasteiger partial charge in [-0.1, -0.05) is 13.8 Å². The van der Waals surface area contributed by atoms with Crippen molar-refractivity contribution in [2.24, 2.45) is 5.92 Å². The molecule has 0 N–H and O–H groups in total. The number of ether oxygens (including phenoxy) is 1. The van der Waals surface area contributed by atoms with Crippen molar-refractivity contribution in [1.82, 2.24) is 4.90 Å². The molecule has 1 amide bonds. The lowest BCUT2D eigenvalue weighted by Gasteiger charge is -2.27. The lowest BCUT2D eigenvalue weighted by molar-refractivity contribution is -0.142. The van der Waals surface area contributed by atoms with Crippen molar-refractivity contribution < 1.29 is 14.3 Å². The Hall–Kier alpha value is -1.06. The molecule has 0 aliphatic rings. The van der Waals surface area contributed by atoms with E-state index in [4.69, 9.17) is 0 Å². The summed E-state index contributed by atoms with van der Waals surface area (Å²) in [5, 5.41) is 0. The van der Waals surface area contributed by atoms with Gasteiger partial charge in [-0.05, 0) is 19.8 Å². The summed E-state index contributed by atoms with van der Waals surface area (Å²) in [6, 6.07) is 0.121. The highest BCUT2D eigenvalue weighted by Crippen LogP contribution is 2.08. The van der Waals surface area contributed by atoms with E-state index in [2.05, 4.69) is 4.74 Å². The van der Waals surface area contributed by atoms with Gasteiger partial charge in [0.2, 0.25) is 5.91 Å². The van der Waals surface area contributed by atoms with Gasteiger partial charge in [-0.15, -0.1) is 0 Å². The molecule has 16 heavy (non-hydrogen) atoms. The quantitative estimate of drug-likeness (QED) is 0.653. The molecule has 0 rings (SSSR count). The maximum Gasteiger partial charge on any atom is 0.307 e. The minimum Gasteiger partial charge on any atom is -0.469 e. The molecule has 0 spiro atoms. The average Bonchev–Trinajstić information content (AvgIpc) is 2.15. The van der Waals surface area contributed by atoms with Crippen molar-refractivity contribution >= 4 is 11.9 Å². The molecule has 0 aromatic carbocycles. The molecule has 0 radical (unpaired) electrons. The Labute approximate surface area is 98.0 Å². The van der Waals surface area contributed by atoms with Crippen molar-refractivity contribution in [3.05, 3.63) is 0 Å². The molecule has 4 nitrogen and oxygen atoms in total. The molecule has 0 saturated heterocycles. The van der Waals surface area contributed by atoms with Crippen LogP contribution in [0.5, 0.6) is 0 Å². The smallest absolute Gasteiger partial charge is 0.307 e.